The van der Waals surface area contributed by atoms with E-state index in [2.05, 4.69) is 5.32 Å². The molecule has 5 nitrogen and oxygen atoms in total. The molecule has 2 fully saturated rings. The van der Waals surface area contributed by atoms with E-state index in [0.717, 1.165) is 13.1 Å². The number of carboxylic acids is 1. The molecule has 1 unspecified atom stereocenters. The molecule has 2 heterocycles. The molecule has 13 heavy (non-hydrogen) atoms. The van der Waals surface area contributed by atoms with Gasteiger partial charge in [0, 0.05) is 19.6 Å². The Kier molecular flexibility index (Phi) is 1.95. The smallest absolute Gasteiger partial charge is 0.316 e. The first kappa shape index (κ1) is 8.50. The second-order valence-corrected chi connectivity index (χ2v) is 3.52. The van der Waals surface area contributed by atoms with E-state index in [4.69, 9.17) is 5.11 Å². The van der Waals surface area contributed by atoms with Crippen molar-refractivity contribution in [1.29, 1.82) is 0 Å². The summed E-state index contributed by atoms with van der Waals surface area (Å²) in [6.07, 6.45) is 0.463. The molecule has 2 rings (SSSR count). The fourth-order valence-corrected chi connectivity index (χ4v) is 1.79. The van der Waals surface area contributed by atoms with Gasteiger partial charge in [-0.05, 0) is 6.42 Å². The average Bonchev–Trinajstić information content (AvgIpc) is 2.29. The van der Waals surface area contributed by atoms with Gasteiger partial charge in [-0.25, -0.2) is 0 Å². The first-order valence-corrected chi connectivity index (χ1v) is 4.44. The van der Waals surface area contributed by atoms with Crippen LogP contribution >= 0.6 is 0 Å². The van der Waals surface area contributed by atoms with E-state index in [1.165, 1.54) is 0 Å². The van der Waals surface area contributed by atoms with Crippen LogP contribution in [0.4, 0.5) is 0 Å². The molecule has 0 bridgehead atoms. The highest BCUT2D eigenvalue weighted by molar-refractivity contribution is 5.98. The number of likely N-dealkylation sites (tertiary alicyclic amines) is 1. The van der Waals surface area contributed by atoms with E-state index < -0.39 is 11.9 Å². The molecule has 72 valence electrons. The predicted octanol–water partition coefficient (Wildman–Crippen LogP) is -1.11. The van der Waals surface area contributed by atoms with E-state index in [0.29, 0.717) is 13.0 Å². The van der Waals surface area contributed by atoms with Gasteiger partial charge in [-0.2, -0.15) is 0 Å². The molecule has 5 heteroatoms. The van der Waals surface area contributed by atoms with Gasteiger partial charge >= 0.3 is 5.97 Å². The number of nitrogens with zero attached hydrogens (tertiary/aromatic N) is 1. The van der Waals surface area contributed by atoms with E-state index >= 15 is 0 Å². The summed E-state index contributed by atoms with van der Waals surface area (Å²) in [5.74, 6) is -1.99. The van der Waals surface area contributed by atoms with Gasteiger partial charge in [0.25, 0.3) is 0 Å². The van der Waals surface area contributed by atoms with Crippen molar-refractivity contribution >= 4 is 11.9 Å². The molecule has 0 spiro atoms. The van der Waals surface area contributed by atoms with Crippen LogP contribution in [0.2, 0.25) is 0 Å². The predicted molar refractivity (Wildman–Crippen MR) is 44.1 cm³/mol. The molecule has 0 aromatic heterocycles. The lowest BCUT2D eigenvalue weighted by molar-refractivity contribution is -0.148. The number of hydrogen-bond donors (Lipinski definition) is 2. The molecule has 2 aliphatic heterocycles. The highest BCUT2D eigenvalue weighted by Gasteiger charge is 2.41. The number of carbonyl (C=O) groups excluding carboxylic acids is 1. The second-order valence-electron chi connectivity index (χ2n) is 3.52. The minimum absolute atomic E-state index is 0.209. The Balaban J connectivity index is 2.01. The molecular weight excluding hydrogens is 172 g/mol. The van der Waals surface area contributed by atoms with Crippen LogP contribution < -0.4 is 5.32 Å². The van der Waals surface area contributed by atoms with Gasteiger partial charge in [-0.15, -0.1) is 0 Å². The number of hydrogen-bond acceptors (Lipinski definition) is 3. The lowest BCUT2D eigenvalue weighted by Crippen LogP contribution is -2.57. The molecule has 2 saturated heterocycles. The summed E-state index contributed by atoms with van der Waals surface area (Å²) in [5.41, 5.74) is 0. The number of aliphatic carboxylic acids is 1. The summed E-state index contributed by atoms with van der Waals surface area (Å²) in [7, 11) is 0. The number of rotatable bonds is 2. The van der Waals surface area contributed by atoms with Gasteiger partial charge in [-0.3, -0.25) is 9.59 Å². The largest absolute Gasteiger partial charge is 0.481 e. The summed E-state index contributed by atoms with van der Waals surface area (Å²) in [6, 6.07) is 0.233. The van der Waals surface area contributed by atoms with Gasteiger partial charge in [0.2, 0.25) is 5.91 Å². The third-order valence-electron chi connectivity index (χ3n) is 2.74. The number of carboxylic acid groups (broad SMARTS) is 1. The molecule has 0 aromatic rings. The van der Waals surface area contributed by atoms with Crippen molar-refractivity contribution in [1.82, 2.24) is 10.2 Å². The monoisotopic (exact) mass is 184 g/mol. The van der Waals surface area contributed by atoms with E-state index in [9.17, 15) is 9.59 Å². The van der Waals surface area contributed by atoms with Gasteiger partial charge < -0.3 is 15.3 Å². The Hall–Kier alpha value is -1.10. The normalized spacial score (nSPS) is 29.1. The van der Waals surface area contributed by atoms with Crippen molar-refractivity contribution in [3.63, 3.8) is 0 Å². The summed E-state index contributed by atoms with van der Waals surface area (Å²) in [5, 5.41) is 11.8. The lowest BCUT2D eigenvalue weighted by Gasteiger charge is -2.35. The first-order valence-electron chi connectivity index (χ1n) is 4.44. The van der Waals surface area contributed by atoms with Gasteiger partial charge in [0.1, 0.15) is 5.92 Å². The molecule has 0 saturated carbocycles. The Morgan fingerprint density at radius 3 is 2.62 bits per heavy atom. The summed E-state index contributed by atoms with van der Waals surface area (Å²) in [4.78, 5) is 23.8. The van der Waals surface area contributed by atoms with E-state index in [1.54, 1.807) is 4.90 Å². The van der Waals surface area contributed by atoms with Crippen molar-refractivity contribution < 1.29 is 14.7 Å². The minimum Gasteiger partial charge on any atom is -0.481 e. The zero-order chi connectivity index (χ0) is 9.42. The fraction of sp³-hybridized carbons (Fsp3) is 0.750. The molecule has 0 aliphatic carbocycles. The van der Waals surface area contributed by atoms with Crippen LogP contribution in [-0.4, -0.2) is 47.6 Å². The third-order valence-corrected chi connectivity index (χ3v) is 2.74. The number of nitrogens with one attached hydrogen (secondary N) is 1. The van der Waals surface area contributed by atoms with Crippen LogP contribution in [0.1, 0.15) is 6.42 Å². The maximum absolute atomic E-state index is 11.5. The lowest BCUT2D eigenvalue weighted by atomic mass is 10.1. The Morgan fingerprint density at radius 2 is 2.23 bits per heavy atom. The highest BCUT2D eigenvalue weighted by Crippen LogP contribution is 2.21. The SMILES string of the molecule is O=C(O)C1CCN(C2CNC2)C1=O. The summed E-state index contributed by atoms with van der Waals surface area (Å²) < 4.78 is 0. The molecule has 2 aliphatic rings. The van der Waals surface area contributed by atoms with Crippen LogP contribution in [0.5, 0.6) is 0 Å². The van der Waals surface area contributed by atoms with Gasteiger partial charge in [-0.1, -0.05) is 0 Å². The fourth-order valence-electron chi connectivity index (χ4n) is 1.79. The van der Waals surface area contributed by atoms with Crippen molar-refractivity contribution in [2.45, 2.75) is 12.5 Å². The molecule has 0 aromatic carbocycles. The topological polar surface area (TPSA) is 69.6 Å². The quantitative estimate of drug-likeness (QED) is 0.534. The van der Waals surface area contributed by atoms with Crippen LogP contribution in [0, 0.1) is 5.92 Å². The van der Waals surface area contributed by atoms with Crippen molar-refractivity contribution in [3.05, 3.63) is 0 Å². The standard InChI is InChI=1S/C8H12N2O3/c11-7-6(8(12)13)1-2-10(7)5-3-9-4-5/h5-6,9H,1-4H2,(H,12,13). The van der Waals surface area contributed by atoms with E-state index in [1.807, 2.05) is 0 Å². The Morgan fingerprint density at radius 1 is 1.54 bits per heavy atom. The van der Waals surface area contributed by atoms with E-state index in [-0.39, 0.29) is 11.9 Å². The molecule has 2 N–H and O–H groups in total. The van der Waals surface area contributed by atoms with Crippen LogP contribution in [0.15, 0.2) is 0 Å². The molecule has 1 amide bonds. The Bertz CT molecular complexity index is 250. The van der Waals surface area contributed by atoms with Crippen molar-refractivity contribution in [2.24, 2.45) is 5.92 Å². The van der Waals surface area contributed by atoms with Crippen LogP contribution in [-0.2, 0) is 9.59 Å². The summed E-state index contributed by atoms with van der Waals surface area (Å²) >= 11 is 0. The maximum atomic E-state index is 11.5. The highest BCUT2D eigenvalue weighted by atomic mass is 16.4. The third kappa shape index (κ3) is 1.29. The van der Waals surface area contributed by atoms with Crippen LogP contribution in [0.25, 0.3) is 0 Å². The van der Waals surface area contributed by atoms with Gasteiger partial charge in [0.15, 0.2) is 0 Å². The number of carbonyl (C=O) groups is 2. The van der Waals surface area contributed by atoms with Crippen molar-refractivity contribution in [2.75, 3.05) is 19.6 Å². The molecule has 0 radical (unpaired) electrons. The maximum Gasteiger partial charge on any atom is 0.316 e. The Labute approximate surface area is 75.7 Å². The van der Waals surface area contributed by atoms with Crippen molar-refractivity contribution in [3.8, 4) is 0 Å². The zero-order valence-corrected chi connectivity index (χ0v) is 7.19. The molecule has 1 atom stereocenters. The average molecular weight is 184 g/mol. The van der Waals surface area contributed by atoms with Crippen LogP contribution in [0.3, 0.4) is 0 Å². The summed E-state index contributed by atoms with van der Waals surface area (Å²) in [6.45, 7) is 2.21. The zero-order valence-electron chi connectivity index (χ0n) is 7.19. The van der Waals surface area contributed by atoms with Gasteiger partial charge in [0.05, 0.1) is 6.04 Å². The second kappa shape index (κ2) is 2.99. The minimum atomic E-state index is -0.986. The number of amides is 1. The first-order chi connectivity index (χ1) is 6.20. The molecular formula is C8H12N2O3.